The lowest BCUT2D eigenvalue weighted by molar-refractivity contribution is 0.309. The van der Waals surface area contributed by atoms with Crippen molar-refractivity contribution in [2.45, 2.75) is 76.8 Å². The van der Waals surface area contributed by atoms with E-state index in [4.69, 9.17) is 12.2 Å². The Hall–Kier alpha value is -1.10. The number of hydrogen-bond acceptors (Lipinski definition) is 2. The van der Waals surface area contributed by atoms with Crippen LogP contribution in [0.15, 0.2) is 12.3 Å². The normalized spacial score (nSPS) is 26.6. The van der Waals surface area contributed by atoms with Crippen molar-refractivity contribution in [3.8, 4) is 0 Å². The van der Waals surface area contributed by atoms with Crippen molar-refractivity contribution in [3.63, 3.8) is 0 Å². The van der Waals surface area contributed by atoms with Crippen LogP contribution in [-0.2, 0) is 0 Å². The van der Waals surface area contributed by atoms with Crippen LogP contribution < -0.4 is 10.6 Å². The first kappa shape index (κ1) is 15.8. The summed E-state index contributed by atoms with van der Waals surface area (Å²) in [5, 5.41) is 12.2. The van der Waals surface area contributed by atoms with E-state index in [1.807, 2.05) is 12.3 Å². The van der Waals surface area contributed by atoms with Gasteiger partial charge in [0.2, 0.25) is 0 Å². The Bertz CT molecular complexity index is 493. The average Bonchev–Trinajstić information content (AvgIpc) is 2.98. The summed E-state index contributed by atoms with van der Waals surface area (Å²) in [6, 6.07) is 3.08. The van der Waals surface area contributed by atoms with Gasteiger partial charge in [-0.3, -0.25) is 0 Å². The van der Waals surface area contributed by atoms with E-state index in [0.29, 0.717) is 18.0 Å². The van der Waals surface area contributed by atoms with Gasteiger partial charge < -0.3 is 10.6 Å². The number of aromatic nitrogens is 2. The molecule has 2 fully saturated rings. The minimum Gasteiger partial charge on any atom is -0.359 e. The zero-order valence-corrected chi connectivity index (χ0v) is 14.4. The zero-order valence-electron chi connectivity index (χ0n) is 13.6. The molecule has 4 nitrogen and oxygen atoms in total. The third-order valence-corrected chi connectivity index (χ3v) is 5.48. The molecule has 0 bridgehead atoms. The van der Waals surface area contributed by atoms with Crippen molar-refractivity contribution < 1.29 is 0 Å². The second-order valence-electron chi connectivity index (χ2n) is 6.92. The van der Waals surface area contributed by atoms with E-state index in [1.54, 1.807) is 0 Å². The summed E-state index contributed by atoms with van der Waals surface area (Å²) >= 11 is 5.53. The summed E-state index contributed by atoms with van der Waals surface area (Å²) in [7, 11) is 0. The smallest absolute Gasteiger partial charge is 0.172 e. The molecule has 2 N–H and O–H groups in total. The number of thiocarbonyl (C=S) groups is 1. The fourth-order valence-electron chi connectivity index (χ4n) is 3.88. The maximum absolute atomic E-state index is 5.53. The maximum atomic E-state index is 5.53. The molecule has 22 heavy (non-hydrogen) atoms. The van der Waals surface area contributed by atoms with Crippen molar-refractivity contribution in [1.29, 1.82) is 0 Å². The zero-order chi connectivity index (χ0) is 15.4. The molecule has 0 saturated heterocycles. The summed E-state index contributed by atoms with van der Waals surface area (Å²) in [6.45, 7) is 2.33. The molecule has 3 rings (SSSR count). The Kier molecular flexibility index (Phi) is 5.34. The van der Waals surface area contributed by atoms with Gasteiger partial charge in [-0.05, 0) is 43.8 Å². The molecule has 0 aromatic carbocycles. The van der Waals surface area contributed by atoms with Gasteiger partial charge in [0.1, 0.15) is 5.82 Å². The molecule has 1 heterocycles. The first-order valence-corrected chi connectivity index (χ1v) is 9.26. The number of nitrogens with zero attached hydrogens (tertiary/aromatic N) is 2. The van der Waals surface area contributed by atoms with Crippen LogP contribution in [0.3, 0.4) is 0 Å². The molecule has 122 valence electrons. The molecule has 2 atom stereocenters. The molecule has 0 aliphatic heterocycles. The molecule has 5 heteroatoms. The maximum Gasteiger partial charge on any atom is 0.172 e. The van der Waals surface area contributed by atoms with E-state index in [-0.39, 0.29) is 0 Å². The van der Waals surface area contributed by atoms with Gasteiger partial charge in [-0.15, -0.1) is 0 Å². The summed E-state index contributed by atoms with van der Waals surface area (Å²) < 4.78 is 2.14. The van der Waals surface area contributed by atoms with Gasteiger partial charge in [-0.2, -0.15) is 5.10 Å². The SMILES string of the molecule is C[C@H]1CCCC[C@H]1NC(=S)Nc1ccnn1C1CCCCC1. The lowest BCUT2D eigenvalue weighted by Gasteiger charge is -2.31. The van der Waals surface area contributed by atoms with Crippen molar-refractivity contribution in [2.75, 3.05) is 5.32 Å². The monoisotopic (exact) mass is 320 g/mol. The van der Waals surface area contributed by atoms with Gasteiger partial charge in [0.25, 0.3) is 0 Å². The number of rotatable bonds is 3. The van der Waals surface area contributed by atoms with Gasteiger partial charge in [0.05, 0.1) is 12.2 Å². The van der Waals surface area contributed by atoms with Gasteiger partial charge >= 0.3 is 0 Å². The van der Waals surface area contributed by atoms with E-state index < -0.39 is 0 Å². The Morgan fingerprint density at radius 2 is 1.86 bits per heavy atom. The van der Waals surface area contributed by atoms with Gasteiger partial charge in [-0.1, -0.05) is 39.0 Å². The Labute approximate surface area is 139 Å². The highest BCUT2D eigenvalue weighted by atomic mass is 32.1. The highest BCUT2D eigenvalue weighted by Crippen LogP contribution is 2.30. The molecule has 2 aliphatic rings. The van der Waals surface area contributed by atoms with Crippen LogP contribution in [0, 0.1) is 5.92 Å². The van der Waals surface area contributed by atoms with E-state index in [0.717, 1.165) is 10.9 Å². The van der Waals surface area contributed by atoms with Crippen LogP contribution in [0.4, 0.5) is 5.82 Å². The predicted octanol–water partition coefficient (Wildman–Crippen LogP) is 4.25. The second kappa shape index (κ2) is 7.44. The van der Waals surface area contributed by atoms with E-state index in [1.165, 1.54) is 57.8 Å². The van der Waals surface area contributed by atoms with Crippen LogP contribution >= 0.6 is 12.2 Å². The Morgan fingerprint density at radius 3 is 2.64 bits per heavy atom. The quantitative estimate of drug-likeness (QED) is 0.817. The van der Waals surface area contributed by atoms with Crippen LogP contribution in [0.25, 0.3) is 0 Å². The number of nitrogens with one attached hydrogen (secondary N) is 2. The van der Waals surface area contributed by atoms with Crippen LogP contribution in [0.1, 0.15) is 70.8 Å². The van der Waals surface area contributed by atoms with Crippen molar-refractivity contribution in [3.05, 3.63) is 12.3 Å². The largest absolute Gasteiger partial charge is 0.359 e. The standard InChI is InChI=1S/C17H28N4S/c1-13-7-5-6-10-15(13)19-17(22)20-16-11-12-18-21(16)14-8-3-2-4-9-14/h11-15H,2-10H2,1H3,(H2,19,20,22)/t13-,15+/m0/s1. The summed E-state index contributed by atoms with van der Waals surface area (Å²) in [4.78, 5) is 0. The van der Waals surface area contributed by atoms with E-state index >= 15 is 0 Å². The molecule has 1 aromatic heterocycles. The fraction of sp³-hybridized carbons (Fsp3) is 0.765. The Balaban J connectivity index is 1.58. The fourth-order valence-corrected chi connectivity index (χ4v) is 4.14. The molecule has 1 aromatic rings. The molecule has 2 aliphatic carbocycles. The minimum atomic E-state index is 0.514. The predicted molar refractivity (Wildman–Crippen MR) is 95.1 cm³/mol. The van der Waals surface area contributed by atoms with Crippen molar-refractivity contribution >= 4 is 23.1 Å². The van der Waals surface area contributed by atoms with Gasteiger partial charge in [-0.25, -0.2) is 4.68 Å². The molecule has 0 unspecified atom stereocenters. The third kappa shape index (κ3) is 3.80. The average molecular weight is 321 g/mol. The molecule has 2 saturated carbocycles. The number of hydrogen-bond donors (Lipinski definition) is 2. The lowest BCUT2D eigenvalue weighted by Crippen LogP contribution is -2.43. The highest BCUT2D eigenvalue weighted by molar-refractivity contribution is 7.80. The van der Waals surface area contributed by atoms with Gasteiger partial charge in [0.15, 0.2) is 5.11 Å². The molecular formula is C17H28N4S. The Morgan fingerprint density at radius 1 is 1.14 bits per heavy atom. The topological polar surface area (TPSA) is 41.9 Å². The highest BCUT2D eigenvalue weighted by Gasteiger charge is 2.23. The summed E-state index contributed by atoms with van der Waals surface area (Å²) in [5.41, 5.74) is 0. The lowest BCUT2D eigenvalue weighted by atomic mass is 9.86. The number of anilines is 1. The molecule has 0 radical (unpaired) electrons. The third-order valence-electron chi connectivity index (χ3n) is 5.26. The van der Waals surface area contributed by atoms with E-state index in [2.05, 4.69) is 27.3 Å². The summed E-state index contributed by atoms with van der Waals surface area (Å²) in [6.07, 6.45) is 13.5. The van der Waals surface area contributed by atoms with Crippen LogP contribution in [0.5, 0.6) is 0 Å². The van der Waals surface area contributed by atoms with Crippen LogP contribution in [0.2, 0.25) is 0 Å². The molecule has 0 amide bonds. The second-order valence-corrected chi connectivity index (χ2v) is 7.33. The summed E-state index contributed by atoms with van der Waals surface area (Å²) in [5.74, 6) is 1.74. The van der Waals surface area contributed by atoms with Crippen molar-refractivity contribution in [1.82, 2.24) is 15.1 Å². The first-order valence-electron chi connectivity index (χ1n) is 8.85. The molecular weight excluding hydrogens is 292 g/mol. The minimum absolute atomic E-state index is 0.514. The first-order chi connectivity index (χ1) is 10.7. The van der Waals surface area contributed by atoms with Crippen LogP contribution in [-0.4, -0.2) is 20.9 Å². The molecule has 0 spiro atoms. The van der Waals surface area contributed by atoms with E-state index in [9.17, 15) is 0 Å². The van der Waals surface area contributed by atoms with Crippen molar-refractivity contribution in [2.24, 2.45) is 5.92 Å². The van der Waals surface area contributed by atoms with Gasteiger partial charge in [0, 0.05) is 12.1 Å².